The minimum atomic E-state index is -0.355. The van der Waals surface area contributed by atoms with Gasteiger partial charge in [0.15, 0.2) is 11.5 Å². The van der Waals surface area contributed by atoms with E-state index in [-0.39, 0.29) is 63.2 Å². The van der Waals surface area contributed by atoms with Gasteiger partial charge < -0.3 is 14.8 Å². The number of nitrogens with one attached hydrogen (secondary N) is 1. The highest BCUT2D eigenvalue weighted by atomic mass is 79.9. The Morgan fingerprint density at radius 2 is 1.78 bits per heavy atom. The minimum absolute atomic E-state index is 0.0320. The third kappa shape index (κ3) is 3.01. The van der Waals surface area contributed by atoms with Gasteiger partial charge in [0.05, 0.1) is 29.7 Å². The number of aromatic nitrogens is 1. The molecule has 2 saturated carbocycles. The molecule has 10 heteroatoms. The molecule has 1 aromatic heterocycles. The molecule has 36 heavy (non-hydrogen) atoms. The Hall–Kier alpha value is -2.56. The van der Waals surface area contributed by atoms with Crippen LogP contribution in [0, 0.1) is 29.6 Å². The minimum Gasteiger partial charge on any atom is -0.504 e. The normalized spacial score (nSPS) is 31.9. The van der Waals surface area contributed by atoms with Crippen LogP contribution in [-0.4, -0.2) is 34.3 Å². The SMILES string of the molecule is COc1cc([C@H]2c3sc(=O)[nH]c3SC3C4CC(C5C(=O)N(c6ccc(Br)cc6)C(=O)C45)C32)ccc1O. The van der Waals surface area contributed by atoms with Crippen molar-refractivity contribution in [1.82, 2.24) is 4.98 Å². The number of halogens is 1. The molecule has 2 N–H and O–H groups in total. The number of phenolic OH excluding ortho intramolecular Hbond substituents is 1. The van der Waals surface area contributed by atoms with E-state index in [1.807, 2.05) is 24.3 Å². The molecule has 4 aliphatic rings. The van der Waals surface area contributed by atoms with E-state index >= 15 is 0 Å². The Balaban J connectivity index is 1.33. The molecule has 6 unspecified atom stereocenters. The second-order valence-corrected chi connectivity index (χ2v) is 13.0. The molecule has 7 rings (SSSR count). The molecule has 2 aromatic carbocycles. The van der Waals surface area contributed by atoms with E-state index in [2.05, 4.69) is 20.9 Å². The summed E-state index contributed by atoms with van der Waals surface area (Å²) in [6.07, 6.45) is 0.828. The lowest BCUT2D eigenvalue weighted by Crippen LogP contribution is -2.42. The first kappa shape index (κ1) is 22.6. The monoisotopic (exact) mass is 584 g/mol. The molecule has 7 atom stereocenters. The summed E-state index contributed by atoms with van der Waals surface area (Å²) >= 11 is 6.29. The van der Waals surface area contributed by atoms with Crippen LogP contribution in [0.15, 0.2) is 56.8 Å². The van der Waals surface area contributed by atoms with Crippen molar-refractivity contribution in [1.29, 1.82) is 0 Å². The van der Waals surface area contributed by atoms with Gasteiger partial charge >= 0.3 is 4.87 Å². The first-order chi connectivity index (χ1) is 17.4. The molecule has 3 fully saturated rings. The van der Waals surface area contributed by atoms with Crippen molar-refractivity contribution in [2.75, 3.05) is 12.0 Å². The molecule has 2 aliphatic carbocycles. The molecule has 2 aliphatic heterocycles. The van der Waals surface area contributed by atoms with Crippen LogP contribution in [0.1, 0.15) is 22.8 Å². The highest BCUT2D eigenvalue weighted by Gasteiger charge is 2.69. The number of H-pyrrole nitrogens is 1. The Bertz CT molecular complexity index is 1480. The van der Waals surface area contributed by atoms with Crippen LogP contribution in [0.5, 0.6) is 11.5 Å². The number of carbonyl (C=O) groups excluding carboxylic acids is 2. The van der Waals surface area contributed by atoms with Gasteiger partial charge in [0.1, 0.15) is 0 Å². The molecule has 0 spiro atoms. The Kier molecular flexibility index (Phi) is 5.01. The predicted molar refractivity (Wildman–Crippen MR) is 140 cm³/mol. The zero-order valence-corrected chi connectivity index (χ0v) is 22.2. The van der Waals surface area contributed by atoms with Gasteiger partial charge in [0.25, 0.3) is 0 Å². The number of thiazole rings is 1. The molecule has 184 valence electrons. The Morgan fingerprint density at radius 1 is 1.06 bits per heavy atom. The van der Waals surface area contributed by atoms with E-state index in [0.29, 0.717) is 11.4 Å². The number of benzene rings is 2. The average molecular weight is 586 g/mol. The number of imide groups is 1. The lowest BCUT2D eigenvalue weighted by atomic mass is 9.68. The van der Waals surface area contributed by atoms with Gasteiger partial charge in [-0.3, -0.25) is 19.3 Å². The maximum absolute atomic E-state index is 13.8. The van der Waals surface area contributed by atoms with Gasteiger partial charge in [-0.25, -0.2) is 0 Å². The van der Waals surface area contributed by atoms with E-state index in [4.69, 9.17) is 4.74 Å². The standard InChI is InChI=1S/C26H21BrN2O5S2/c1-34-16-8-10(2-7-15(16)30)17-18-13-9-14(21(18)35-23-22(17)36-26(33)28-23)20-19(13)24(31)29(25(20)32)12-5-3-11(27)4-6-12/h2-8,13-14,17-21,30H,9H2,1H3,(H,28,33)/t13?,14?,17-,18?,19?,20?,21?/m1/s1. The highest BCUT2D eigenvalue weighted by Crippen LogP contribution is 2.68. The summed E-state index contributed by atoms with van der Waals surface area (Å²) in [5.74, 6) is -0.407. The van der Waals surface area contributed by atoms with Crippen molar-refractivity contribution in [2.24, 2.45) is 29.6 Å². The summed E-state index contributed by atoms with van der Waals surface area (Å²) < 4.78 is 6.27. The fourth-order valence-corrected chi connectivity index (χ4v) is 10.3. The number of amides is 2. The summed E-state index contributed by atoms with van der Waals surface area (Å²) in [6, 6.07) is 12.6. The maximum Gasteiger partial charge on any atom is 0.305 e. The van der Waals surface area contributed by atoms with Crippen molar-refractivity contribution >= 4 is 56.5 Å². The third-order valence-corrected chi connectivity index (χ3v) is 11.5. The van der Waals surface area contributed by atoms with Crippen LogP contribution in [0.25, 0.3) is 0 Å². The van der Waals surface area contributed by atoms with Gasteiger partial charge in [-0.15, -0.1) is 11.8 Å². The molecular formula is C26H21BrN2O5S2. The van der Waals surface area contributed by atoms with E-state index < -0.39 is 0 Å². The van der Waals surface area contributed by atoms with Crippen molar-refractivity contribution < 1.29 is 19.4 Å². The van der Waals surface area contributed by atoms with Crippen LogP contribution in [0.3, 0.4) is 0 Å². The number of fused-ring (bicyclic) bond motifs is 9. The Morgan fingerprint density at radius 3 is 2.50 bits per heavy atom. The second-order valence-electron chi connectivity index (χ2n) is 9.88. The predicted octanol–water partition coefficient (Wildman–Crippen LogP) is 4.59. The van der Waals surface area contributed by atoms with Crippen molar-refractivity contribution in [2.45, 2.75) is 22.6 Å². The lowest BCUT2D eigenvalue weighted by Gasteiger charge is -2.43. The number of hydrogen-bond acceptors (Lipinski definition) is 7. The van der Waals surface area contributed by atoms with Gasteiger partial charge in [-0.2, -0.15) is 0 Å². The van der Waals surface area contributed by atoms with Crippen molar-refractivity contribution in [3.8, 4) is 11.5 Å². The van der Waals surface area contributed by atoms with Crippen LogP contribution < -0.4 is 14.5 Å². The number of rotatable bonds is 3. The van der Waals surface area contributed by atoms with E-state index in [1.54, 1.807) is 30.0 Å². The quantitative estimate of drug-likeness (QED) is 0.437. The Labute approximate surface area is 223 Å². The highest BCUT2D eigenvalue weighted by molar-refractivity contribution is 9.10. The van der Waals surface area contributed by atoms with Crippen molar-refractivity contribution in [3.63, 3.8) is 0 Å². The largest absolute Gasteiger partial charge is 0.504 e. The second kappa shape index (κ2) is 7.97. The summed E-state index contributed by atoms with van der Waals surface area (Å²) in [4.78, 5) is 45.1. The fraction of sp³-hybridized carbons (Fsp3) is 0.346. The van der Waals surface area contributed by atoms with Gasteiger partial charge in [-0.1, -0.05) is 33.3 Å². The number of nitrogens with zero attached hydrogens (tertiary/aromatic N) is 1. The number of thioether (sulfide) groups is 1. The molecular weight excluding hydrogens is 564 g/mol. The summed E-state index contributed by atoms with van der Waals surface area (Å²) in [5.41, 5.74) is 1.56. The zero-order valence-electron chi connectivity index (χ0n) is 19.0. The van der Waals surface area contributed by atoms with Crippen molar-refractivity contribution in [3.05, 3.63) is 67.0 Å². The summed E-state index contributed by atoms with van der Waals surface area (Å²) in [5, 5.41) is 11.2. The fourth-order valence-electron chi connectivity index (χ4n) is 7.12. The van der Waals surface area contributed by atoms with Crippen LogP contribution >= 0.6 is 39.0 Å². The first-order valence-corrected chi connectivity index (χ1v) is 14.3. The molecule has 0 radical (unpaired) electrons. The molecule has 1 saturated heterocycles. The number of phenols is 1. The molecule has 3 heterocycles. The number of aromatic hydroxyl groups is 1. The topological polar surface area (TPSA) is 99.7 Å². The number of aromatic amines is 1. The molecule has 3 aromatic rings. The number of hydrogen-bond donors (Lipinski definition) is 2. The number of carbonyl (C=O) groups is 2. The van der Waals surface area contributed by atoms with Crippen LogP contribution in [-0.2, 0) is 9.59 Å². The van der Waals surface area contributed by atoms with Gasteiger partial charge in [0, 0.05) is 20.5 Å². The lowest BCUT2D eigenvalue weighted by molar-refractivity contribution is -0.123. The van der Waals surface area contributed by atoms with Crippen LogP contribution in [0.4, 0.5) is 5.69 Å². The van der Waals surface area contributed by atoms with E-state index in [9.17, 15) is 19.5 Å². The number of anilines is 1. The van der Waals surface area contributed by atoms with Gasteiger partial charge in [-0.05, 0) is 66.1 Å². The average Bonchev–Trinajstić information content (AvgIpc) is 3.59. The summed E-state index contributed by atoms with van der Waals surface area (Å²) in [6.45, 7) is 0. The molecule has 2 amide bonds. The van der Waals surface area contributed by atoms with E-state index in [1.165, 1.54) is 23.3 Å². The number of ether oxygens (including phenoxy) is 1. The maximum atomic E-state index is 13.8. The third-order valence-electron chi connectivity index (χ3n) is 8.37. The summed E-state index contributed by atoms with van der Waals surface area (Å²) in [7, 11) is 1.51. The van der Waals surface area contributed by atoms with E-state index in [0.717, 1.165) is 26.4 Å². The molecule has 7 nitrogen and oxygen atoms in total. The molecule has 2 bridgehead atoms. The zero-order chi connectivity index (χ0) is 24.9. The smallest absolute Gasteiger partial charge is 0.305 e. The number of methoxy groups -OCH3 is 1. The van der Waals surface area contributed by atoms with Crippen LogP contribution in [0.2, 0.25) is 0 Å². The van der Waals surface area contributed by atoms with Gasteiger partial charge in [0.2, 0.25) is 11.8 Å². The first-order valence-electron chi connectivity index (χ1n) is 11.8.